The van der Waals surface area contributed by atoms with Crippen molar-refractivity contribution in [1.82, 2.24) is 10.2 Å². The number of benzene rings is 2. The number of nitrogens with one attached hydrogen (secondary N) is 1. The summed E-state index contributed by atoms with van der Waals surface area (Å²) in [6.07, 6.45) is 0.519. The van der Waals surface area contributed by atoms with Gasteiger partial charge in [0, 0.05) is 13.1 Å². The van der Waals surface area contributed by atoms with Crippen LogP contribution in [0.3, 0.4) is 0 Å². The lowest BCUT2D eigenvalue weighted by molar-refractivity contribution is -0.148. The third-order valence-electron chi connectivity index (χ3n) is 5.03. The fourth-order valence-corrected chi connectivity index (χ4v) is 3.43. The summed E-state index contributed by atoms with van der Waals surface area (Å²) in [5, 5.41) is 2.86. The predicted octanol–water partition coefficient (Wildman–Crippen LogP) is 1.69. The zero-order chi connectivity index (χ0) is 20.8. The smallest absolute Gasteiger partial charge is 0.337 e. The van der Waals surface area contributed by atoms with Crippen molar-refractivity contribution in [3.63, 3.8) is 0 Å². The quantitative estimate of drug-likeness (QED) is 0.748. The molecule has 1 aliphatic rings. The fraction of sp³-hybridized carbons (Fsp3) is 0.318. The van der Waals surface area contributed by atoms with Crippen molar-refractivity contribution in [1.29, 1.82) is 0 Å². The second-order valence-corrected chi connectivity index (χ2v) is 6.88. The van der Waals surface area contributed by atoms with Crippen molar-refractivity contribution >= 4 is 17.8 Å². The van der Waals surface area contributed by atoms with Crippen LogP contribution in [0.1, 0.15) is 27.0 Å². The molecule has 152 valence electrons. The molecule has 1 amide bonds. The van der Waals surface area contributed by atoms with Crippen LogP contribution in [0.2, 0.25) is 0 Å². The van der Waals surface area contributed by atoms with E-state index in [1.807, 2.05) is 29.2 Å². The summed E-state index contributed by atoms with van der Waals surface area (Å²) in [5.41, 5.74) is 3.53. The number of methoxy groups -OCH3 is 2. The first-order chi connectivity index (χ1) is 14.0. The van der Waals surface area contributed by atoms with Crippen molar-refractivity contribution in [2.24, 2.45) is 0 Å². The Hall–Kier alpha value is -3.19. The maximum Gasteiger partial charge on any atom is 0.337 e. The number of fused-ring (bicyclic) bond motifs is 1. The Kier molecular flexibility index (Phi) is 6.61. The molecule has 1 heterocycles. The Bertz CT molecular complexity index is 894. The van der Waals surface area contributed by atoms with Crippen molar-refractivity contribution in [2.75, 3.05) is 20.8 Å². The van der Waals surface area contributed by atoms with E-state index in [4.69, 9.17) is 4.74 Å². The molecule has 3 rings (SSSR count). The summed E-state index contributed by atoms with van der Waals surface area (Å²) in [4.78, 5) is 38.0. The second-order valence-electron chi connectivity index (χ2n) is 6.88. The maximum absolute atomic E-state index is 12.5. The standard InChI is InChI=1S/C22H24N2O5/c1-28-21(26)16-9-7-15(8-10-16)12-23-20(25)14-24-13-18-6-4-3-5-17(18)11-19(24)22(27)29-2/h3-10,19H,11-14H2,1-2H3,(H,23,25)/t19-/m1/s1. The molecule has 0 bridgehead atoms. The zero-order valence-electron chi connectivity index (χ0n) is 16.5. The summed E-state index contributed by atoms with van der Waals surface area (Å²) in [7, 11) is 2.69. The highest BCUT2D eigenvalue weighted by Gasteiger charge is 2.33. The van der Waals surface area contributed by atoms with Gasteiger partial charge >= 0.3 is 11.9 Å². The fourth-order valence-electron chi connectivity index (χ4n) is 3.43. The van der Waals surface area contributed by atoms with Gasteiger partial charge < -0.3 is 14.8 Å². The molecule has 1 aliphatic heterocycles. The van der Waals surface area contributed by atoms with E-state index in [-0.39, 0.29) is 18.4 Å². The maximum atomic E-state index is 12.5. The van der Waals surface area contributed by atoms with Crippen LogP contribution >= 0.6 is 0 Å². The largest absolute Gasteiger partial charge is 0.468 e. The highest BCUT2D eigenvalue weighted by molar-refractivity contribution is 5.89. The predicted molar refractivity (Wildman–Crippen MR) is 106 cm³/mol. The molecule has 2 aromatic rings. The van der Waals surface area contributed by atoms with Crippen molar-refractivity contribution in [3.8, 4) is 0 Å². The molecule has 0 saturated carbocycles. The zero-order valence-corrected chi connectivity index (χ0v) is 16.5. The Labute approximate surface area is 169 Å². The van der Waals surface area contributed by atoms with Gasteiger partial charge in [-0.05, 0) is 35.2 Å². The van der Waals surface area contributed by atoms with Crippen LogP contribution in [0.25, 0.3) is 0 Å². The van der Waals surface area contributed by atoms with Crippen LogP contribution < -0.4 is 5.32 Å². The van der Waals surface area contributed by atoms with Gasteiger partial charge in [0.25, 0.3) is 0 Å². The summed E-state index contributed by atoms with van der Waals surface area (Å²) in [6, 6.07) is 14.3. The Morgan fingerprint density at radius 2 is 1.69 bits per heavy atom. The molecule has 2 aromatic carbocycles. The summed E-state index contributed by atoms with van der Waals surface area (Å²) in [5.74, 6) is -0.930. The normalized spacial score (nSPS) is 15.9. The summed E-state index contributed by atoms with van der Waals surface area (Å²) < 4.78 is 9.61. The van der Waals surface area contributed by atoms with E-state index in [0.29, 0.717) is 25.1 Å². The van der Waals surface area contributed by atoms with Crippen molar-refractivity contribution in [2.45, 2.75) is 25.6 Å². The number of ether oxygens (including phenoxy) is 2. The van der Waals surface area contributed by atoms with Gasteiger partial charge in [-0.2, -0.15) is 0 Å². The van der Waals surface area contributed by atoms with Gasteiger partial charge in [-0.15, -0.1) is 0 Å². The number of hydrogen-bond donors (Lipinski definition) is 1. The molecule has 0 fully saturated rings. The van der Waals surface area contributed by atoms with Crippen LogP contribution in [0.15, 0.2) is 48.5 Å². The van der Waals surface area contributed by atoms with Gasteiger partial charge in [0.2, 0.25) is 5.91 Å². The molecular weight excluding hydrogens is 372 g/mol. The highest BCUT2D eigenvalue weighted by Crippen LogP contribution is 2.23. The van der Waals surface area contributed by atoms with E-state index in [1.165, 1.54) is 14.2 Å². The Morgan fingerprint density at radius 1 is 1.00 bits per heavy atom. The lowest BCUT2D eigenvalue weighted by Crippen LogP contribution is -2.49. The lowest BCUT2D eigenvalue weighted by Gasteiger charge is -2.34. The highest BCUT2D eigenvalue weighted by atomic mass is 16.5. The summed E-state index contributed by atoms with van der Waals surface area (Å²) >= 11 is 0. The van der Waals surface area contributed by atoms with E-state index in [2.05, 4.69) is 10.1 Å². The first kappa shape index (κ1) is 20.5. The Morgan fingerprint density at radius 3 is 2.34 bits per heavy atom. The molecule has 1 atom stereocenters. The number of esters is 2. The second kappa shape index (κ2) is 9.34. The van der Waals surface area contributed by atoms with E-state index < -0.39 is 12.0 Å². The van der Waals surface area contributed by atoms with E-state index >= 15 is 0 Å². The van der Waals surface area contributed by atoms with Gasteiger partial charge in [-0.1, -0.05) is 36.4 Å². The number of rotatable bonds is 6. The van der Waals surface area contributed by atoms with E-state index in [0.717, 1.165) is 16.7 Å². The van der Waals surface area contributed by atoms with Gasteiger partial charge in [0.05, 0.1) is 26.3 Å². The van der Waals surface area contributed by atoms with Crippen molar-refractivity contribution < 1.29 is 23.9 Å². The van der Waals surface area contributed by atoms with Crippen LogP contribution in [0, 0.1) is 0 Å². The van der Waals surface area contributed by atoms with Crippen LogP contribution in [-0.4, -0.2) is 49.6 Å². The molecular formula is C22H24N2O5. The van der Waals surface area contributed by atoms with Gasteiger partial charge in [-0.3, -0.25) is 14.5 Å². The van der Waals surface area contributed by atoms with E-state index in [1.54, 1.807) is 24.3 Å². The average Bonchev–Trinajstić information content (AvgIpc) is 2.76. The number of carbonyl (C=O) groups is 3. The molecule has 0 aromatic heterocycles. The number of carbonyl (C=O) groups excluding carboxylic acids is 3. The third-order valence-corrected chi connectivity index (χ3v) is 5.03. The number of hydrogen-bond acceptors (Lipinski definition) is 6. The minimum absolute atomic E-state index is 0.0916. The van der Waals surface area contributed by atoms with Crippen molar-refractivity contribution in [3.05, 3.63) is 70.8 Å². The van der Waals surface area contributed by atoms with Crippen LogP contribution in [0.4, 0.5) is 0 Å². The molecule has 0 spiro atoms. The molecule has 1 N–H and O–H groups in total. The van der Waals surface area contributed by atoms with Gasteiger partial charge in [-0.25, -0.2) is 4.79 Å². The molecule has 0 aliphatic carbocycles. The molecule has 0 saturated heterocycles. The Balaban J connectivity index is 1.61. The van der Waals surface area contributed by atoms with Crippen LogP contribution in [0.5, 0.6) is 0 Å². The minimum Gasteiger partial charge on any atom is -0.468 e. The van der Waals surface area contributed by atoms with E-state index in [9.17, 15) is 14.4 Å². The molecule has 7 heteroatoms. The monoisotopic (exact) mass is 396 g/mol. The molecule has 7 nitrogen and oxygen atoms in total. The molecule has 0 radical (unpaired) electrons. The molecule has 0 unspecified atom stereocenters. The lowest BCUT2D eigenvalue weighted by atomic mass is 9.94. The topological polar surface area (TPSA) is 84.9 Å². The van der Waals surface area contributed by atoms with Gasteiger partial charge in [0.15, 0.2) is 0 Å². The first-order valence-corrected chi connectivity index (χ1v) is 9.34. The summed E-state index contributed by atoms with van der Waals surface area (Å²) in [6.45, 7) is 0.930. The third kappa shape index (κ3) is 5.00. The molecule has 29 heavy (non-hydrogen) atoms. The van der Waals surface area contributed by atoms with Crippen LogP contribution in [-0.2, 0) is 38.6 Å². The van der Waals surface area contributed by atoms with Gasteiger partial charge in [0.1, 0.15) is 6.04 Å². The minimum atomic E-state index is -0.486. The SMILES string of the molecule is COC(=O)c1ccc(CNC(=O)CN2Cc3ccccc3C[C@@H]2C(=O)OC)cc1. The number of amides is 1. The number of nitrogens with zero attached hydrogens (tertiary/aromatic N) is 1. The average molecular weight is 396 g/mol. The first-order valence-electron chi connectivity index (χ1n) is 9.34.